The smallest absolute Gasteiger partial charge is 0.352 e. The largest absolute Gasteiger partial charge is 0.426 e. The van der Waals surface area contributed by atoms with Crippen molar-refractivity contribution in [2.45, 2.75) is 25.3 Å². The van der Waals surface area contributed by atoms with Crippen LogP contribution in [0.25, 0.3) is 0 Å². The average molecular weight is 259 g/mol. The zero-order valence-electron chi connectivity index (χ0n) is 9.56. The molecule has 0 radical (unpaired) electrons. The number of hydrogen-bond donors (Lipinski definition) is 3. The minimum absolute atomic E-state index is 0.0987. The van der Waals surface area contributed by atoms with Crippen molar-refractivity contribution in [1.29, 1.82) is 0 Å². The van der Waals surface area contributed by atoms with Gasteiger partial charge >= 0.3 is 6.18 Å². The van der Waals surface area contributed by atoms with Gasteiger partial charge in [-0.3, -0.25) is 4.79 Å². The van der Waals surface area contributed by atoms with E-state index in [0.29, 0.717) is 6.54 Å². The standard InChI is InChI=1S/C11H12F3N3O/c1-7(18)15-6-8-2-4-9(5-3-8)10(16-17-10)11(12,13)14/h2-5,16-17H,6H2,1H3,(H,15,18). The van der Waals surface area contributed by atoms with Gasteiger partial charge in [0.2, 0.25) is 11.6 Å². The summed E-state index contributed by atoms with van der Waals surface area (Å²) in [6.07, 6.45) is -4.40. The number of amides is 1. The van der Waals surface area contributed by atoms with Crippen LogP contribution in [0.5, 0.6) is 0 Å². The van der Waals surface area contributed by atoms with Crippen molar-refractivity contribution in [3.8, 4) is 0 Å². The molecule has 18 heavy (non-hydrogen) atoms. The lowest BCUT2D eigenvalue weighted by Crippen LogP contribution is -2.34. The summed E-state index contributed by atoms with van der Waals surface area (Å²) in [5, 5.41) is 2.57. The third-order valence-electron chi connectivity index (χ3n) is 2.73. The number of nitrogens with one attached hydrogen (secondary N) is 3. The first-order valence-electron chi connectivity index (χ1n) is 5.30. The Balaban J connectivity index is 2.11. The van der Waals surface area contributed by atoms with Crippen molar-refractivity contribution in [3.05, 3.63) is 35.4 Å². The molecule has 2 rings (SSSR count). The van der Waals surface area contributed by atoms with Crippen molar-refractivity contribution in [3.63, 3.8) is 0 Å². The van der Waals surface area contributed by atoms with E-state index in [4.69, 9.17) is 0 Å². The van der Waals surface area contributed by atoms with Crippen LogP contribution in [0.2, 0.25) is 0 Å². The Morgan fingerprint density at radius 3 is 2.22 bits per heavy atom. The average Bonchev–Trinajstić information content (AvgIpc) is 3.07. The Labute approximate surface area is 102 Å². The molecule has 0 aliphatic carbocycles. The number of rotatable bonds is 3. The van der Waals surface area contributed by atoms with Crippen LogP contribution in [0.3, 0.4) is 0 Å². The molecular weight excluding hydrogens is 247 g/mol. The lowest BCUT2D eigenvalue weighted by atomic mass is 10.0. The van der Waals surface area contributed by atoms with E-state index in [2.05, 4.69) is 16.2 Å². The zero-order chi connectivity index (χ0) is 13.4. The minimum Gasteiger partial charge on any atom is -0.352 e. The number of halogens is 3. The Morgan fingerprint density at radius 2 is 1.83 bits per heavy atom. The molecule has 0 bridgehead atoms. The molecule has 1 aromatic rings. The molecule has 7 heteroatoms. The maximum Gasteiger partial charge on any atom is 0.426 e. The molecule has 4 nitrogen and oxygen atoms in total. The first kappa shape index (κ1) is 12.8. The van der Waals surface area contributed by atoms with Gasteiger partial charge in [0.15, 0.2) is 0 Å². The number of hydrogen-bond acceptors (Lipinski definition) is 3. The van der Waals surface area contributed by atoms with Gasteiger partial charge in [0, 0.05) is 13.5 Å². The SMILES string of the molecule is CC(=O)NCc1ccc(C2(C(F)(F)F)NN2)cc1. The maximum atomic E-state index is 12.8. The predicted octanol–water partition coefficient (Wildman–Crippen LogP) is 1.15. The van der Waals surface area contributed by atoms with E-state index in [0.717, 1.165) is 5.56 Å². The monoisotopic (exact) mass is 259 g/mol. The zero-order valence-corrected chi connectivity index (χ0v) is 9.56. The highest BCUT2D eigenvalue weighted by Crippen LogP contribution is 2.41. The molecule has 1 fully saturated rings. The van der Waals surface area contributed by atoms with Gasteiger partial charge in [0.05, 0.1) is 0 Å². The number of carbonyl (C=O) groups excluding carboxylic acids is 1. The lowest BCUT2D eigenvalue weighted by molar-refractivity contribution is -0.165. The van der Waals surface area contributed by atoms with Crippen molar-refractivity contribution >= 4 is 5.91 Å². The normalized spacial score (nSPS) is 17.3. The molecular formula is C11H12F3N3O. The number of alkyl halides is 3. The van der Waals surface area contributed by atoms with E-state index < -0.39 is 11.8 Å². The van der Waals surface area contributed by atoms with Gasteiger partial charge in [0.1, 0.15) is 0 Å². The summed E-state index contributed by atoms with van der Waals surface area (Å²) in [5.41, 5.74) is 2.97. The van der Waals surface area contributed by atoms with Crippen molar-refractivity contribution in [1.82, 2.24) is 16.2 Å². The van der Waals surface area contributed by atoms with Crippen LogP contribution in [-0.2, 0) is 17.0 Å². The second-order valence-corrected chi connectivity index (χ2v) is 4.10. The molecule has 98 valence electrons. The second-order valence-electron chi connectivity index (χ2n) is 4.10. The molecule has 0 saturated carbocycles. The first-order chi connectivity index (χ1) is 8.35. The van der Waals surface area contributed by atoms with Gasteiger partial charge < -0.3 is 5.32 Å². The highest BCUT2D eigenvalue weighted by atomic mass is 19.4. The molecule has 1 heterocycles. The fraction of sp³-hybridized carbons (Fsp3) is 0.364. The predicted molar refractivity (Wildman–Crippen MR) is 58.0 cm³/mol. The van der Waals surface area contributed by atoms with Crippen molar-refractivity contribution in [2.24, 2.45) is 0 Å². The third-order valence-corrected chi connectivity index (χ3v) is 2.73. The summed E-state index contributed by atoms with van der Waals surface area (Å²) < 4.78 is 38.3. The lowest BCUT2D eigenvalue weighted by Gasteiger charge is -2.16. The highest BCUT2D eigenvalue weighted by molar-refractivity contribution is 5.72. The summed E-state index contributed by atoms with van der Waals surface area (Å²) >= 11 is 0. The Morgan fingerprint density at radius 1 is 1.28 bits per heavy atom. The molecule has 0 spiro atoms. The van der Waals surface area contributed by atoms with Crippen LogP contribution >= 0.6 is 0 Å². The molecule has 0 unspecified atom stereocenters. The molecule has 3 N–H and O–H groups in total. The van der Waals surface area contributed by atoms with E-state index in [1.54, 1.807) is 12.1 Å². The first-order valence-corrected chi connectivity index (χ1v) is 5.30. The number of carbonyl (C=O) groups is 1. The molecule has 0 aromatic heterocycles. The molecule has 1 saturated heterocycles. The molecule has 1 aliphatic heterocycles. The topological polar surface area (TPSA) is 73.0 Å². The molecule has 1 amide bonds. The Bertz CT molecular complexity index is 452. The third kappa shape index (κ3) is 2.32. The van der Waals surface area contributed by atoms with Gasteiger partial charge in [0.25, 0.3) is 0 Å². The summed E-state index contributed by atoms with van der Waals surface area (Å²) in [7, 11) is 0. The van der Waals surface area contributed by atoms with Crippen LogP contribution < -0.4 is 16.2 Å². The summed E-state index contributed by atoms with van der Waals surface area (Å²) in [4.78, 5) is 10.7. The van der Waals surface area contributed by atoms with Crippen molar-refractivity contribution < 1.29 is 18.0 Å². The van der Waals surface area contributed by atoms with Gasteiger partial charge in [-0.2, -0.15) is 13.2 Å². The maximum absolute atomic E-state index is 12.8. The summed E-state index contributed by atoms with van der Waals surface area (Å²) in [6.45, 7) is 1.68. The van der Waals surface area contributed by atoms with Gasteiger partial charge in [-0.15, -0.1) is 0 Å². The highest BCUT2D eigenvalue weighted by Gasteiger charge is 2.65. The molecule has 1 aromatic carbocycles. The minimum atomic E-state index is -4.40. The summed E-state index contributed by atoms with van der Waals surface area (Å²) in [6, 6.07) is 5.89. The molecule has 0 atom stereocenters. The van der Waals surface area contributed by atoms with Crippen LogP contribution in [-0.4, -0.2) is 12.1 Å². The van der Waals surface area contributed by atoms with E-state index in [1.165, 1.54) is 19.1 Å². The van der Waals surface area contributed by atoms with E-state index in [-0.39, 0.29) is 11.5 Å². The Kier molecular flexibility index (Phi) is 3.04. The fourth-order valence-corrected chi connectivity index (χ4v) is 1.61. The Hall–Kier alpha value is -1.60. The van der Waals surface area contributed by atoms with E-state index >= 15 is 0 Å². The van der Waals surface area contributed by atoms with Crippen LogP contribution in [0.15, 0.2) is 24.3 Å². The van der Waals surface area contributed by atoms with Gasteiger partial charge in [-0.25, -0.2) is 10.9 Å². The number of hydrazine groups is 1. The quantitative estimate of drug-likeness (QED) is 0.713. The second kappa shape index (κ2) is 4.25. The number of benzene rings is 1. The van der Waals surface area contributed by atoms with Crippen molar-refractivity contribution in [2.75, 3.05) is 0 Å². The van der Waals surface area contributed by atoms with Crippen LogP contribution in [0.1, 0.15) is 18.1 Å². The van der Waals surface area contributed by atoms with Crippen LogP contribution in [0.4, 0.5) is 13.2 Å². The fourth-order valence-electron chi connectivity index (χ4n) is 1.61. The van der Waals surface area contributed by atoms with E-state index in [9.17, 15) is 18.0 Å². The van der Waals surface area contributed by atoms with Gasteiger partial charge in [-0.1, -0.05) is 24.3 Å². The van der Waals surface area contributed by atoms with Gasteiger partial charge in [-0.05, 0) is 11.1 Å². The molecule has 1 aliphatic rings. The summed E-state index contributed by atoms with van der Waals surface area (Å²) in [5.74, 6) is -0.184. The van der Waals surface area contributed by atoms with E-state index in [1.807, 2.05) is 0 Å². The van der Waals surface area contributed by atoms with Crippen LogP contribution in [0, 0.1) is 0 Å².